The van der Waals surface area contributed by atoms with Crippen LogP contribution in [0.1, 0.15) is 25.7 Å². The van der Waals surface area contributed by atoms with Gasteiger partial charge in [0.1, 0.15) is 0 Å². The van der Waals surface area contributed by atoms with Crippen molar-refractivity contribution in [2.75, 3.05) is 0 Å². The zero-order valence-electron chi connectivity index (χ0n) is 11.2. The fraction of sp³-hybridized carbons (Fsp3) is 0.250. The molecule has 0 amide bonds. The smallest absolute Gasteiger partial charge is 0.249 e. The first-order valence-electron chi connectivity index (χ1n) is 6.85. The van der Waals surface area contributed by atoms with Crippen molar-refractivity contribution in [3.05, 3.63) is 66.0 Å². The molecule has 0 spiro atoms. The summed E-state index contributed by atoms with van der Waals surface area (Å²) < 4.78 is 26.4. The van der Waals surface area contributed by atoms with E-state index in [1.807, 2.05) is 18.2 Å². The van der Waals surface area contributed by atoms with Crippen LogP contribution in [0.2, 0.25) is 0 Å². The van der Waals surface area contributed by atoms with E-state index >= 15 is 0 Å². The number of benzene rings is 1. The van der Waals surface area contributed by atoms with Crippen LogP contribution < -0.4 is 0 Å². The molecular weight excluding hydrogens is 270 g/mol. The van der Waals surface area contributed by atoms with Gasteiger partial charge in [-0.05, 0) is 61.1 Å². The van der Waals surface area contributed by atoms with Gasteiger partial charge < -0.3 is 0 Å². The van der Waals surface area contributed by atoms with E-state index in [1.54, 1.807) is 36.7 Å². The Morgan fingerprint density at radius 2 is 1.40 bits per heavy atom. The van der Waals surface area contributed by atoms with Gasteiger partial charge in [0, 0.05) is 12.4 Å². The molecular formula is C16H17NO2S. The molecule has 0 atom stereocenters. The second-order valence-electron chi connectivity index (χ2n) is 5.04. The maximum atomic E-state index is 12.6. The molecule has 0 saturated heterocycles. The summed E-state index contributed by atoms with van der Waals surface area (Å²) in [6.07, 6.45) is 11.6. The molecule has 104 valence electrons. The van der Waals surface area contributed by atoms with Crippen molar-refractivity contribution in [1.29, 1.82) is 0 Å². The summed E-state index contributed by atoms with van der Waals surface area (Å²) in [5.74, 6) is 0. The van der Waals surface area contributed by atoms with Gasteiger partial charge in [-0.1, -0.05) is 18.2 Å². The summed E-state index contributed by atoms with van der Waals surface area (Å²) >= 11 is 0. The van der Waals surface area contributed by atoms with Crippen LogP contribution in [0, 0.1) is 0 Å². The molecule has 2 aliphatic rings. The van der Waals surface area contributed by atoms with E-state index in [4.69, 9.17) is 0 Å². The number of sulfonamides is 1. The van der Waals surface area contributed by atoms with E-state index < -0.39 is 10.0 Å². The minimum atomic E-state index is -3.50. The largest absolute Gasteiger partial charge is 0.267 e. The first-order chi connectivity index (χ1) is 9.68. The van der Waals surface area contributed by atoms with Crippen molar-refractivity contribution >= 4 is 10.0 Å². The van der Waals surface area contributed by atoms with E-state index in [2.05, 4.69) is 0 Å². The minimum absolute atomic E-state index is 0.314. The zero-order valence-corrected chi connectivity index (χ0v) is 12.0. The molecule has 0 fully saturated rings. The predicted octanol–water partition coefficient (Wildman–Crippen LogP) is 3.59. The second kappa shape index (κ2) is 5.29. The van der Waals surface area contributed by atoms with Crippen molar-refractivity contribution in [2.24, 2.45) is 0 Å². The Balaban J connectivity index is 1.94. The number of nitrogens with zero attached hydrogens (tertiary/aromatic N) is 1. The molecule has 3 nitrogen and oxygen atoms in total. The van der Waals surface area contributed by atoms with Gasteiger partial charge in [0.25, 0.3) is 10.0 Å². The van der Waals surface area contributed by atoms with Gasteiger partial charge in [0.2, 0.25) is 0 Å². The molecule has 1 aromatic carbocycles. The molecule has 1 aromatic rings. The highest BCUT2D eigenvalue weighted by Crippen LogP contribution is 2.29. The lowest BCUT2D eigenvalue weighted by molar-refractivity contribution is 0.553. The van der Waals surface area contributed by atoms with E-state index in [-0.39, 0.29) is 0 Å². The lowest BCUT2D eigenvalue weighted by Crippen LogP contribution is -2.20. The molecule has 20 heavy (non-hydrogen) atoms. The molecule has 1 aliphatic heterocycles. The highest BCUT2D eigenvalue weighted by atomic mass is 32.2. The lowest BCUT2D eigenvalue weighted by Gasteiger charge is -2.15. The van der Waals surface area contributed by atoms with Crippen molar-refractivity contribution in [3.63, 3.8) is 0 Å². The fourth-order valence-electron chi connectivity index (χ4n) is 2.58. The highest BCUT2D eigenvalue weighted by molar-refractivity contribution is 7.89. The number of hydrogen-bond donors (Lipinski definition) is 0. The summed E-state index contributed by atoms with van der Waals surface area (Å²) in [7, 11) is -3.50. The highest BCUT2D eigenvalue weighted by Gasteiger charge is 2.21. The number of hydrogen-bond acceptors (Lipinski definition) is 2. The molecule has 1 aliphatic carbocycles. The topological polar surface area (TPSA) is 37.4 Å². The molecule has 0 radical (unpaired) electrons. The Morgan fingerprint density at radius 1 is 0.850 bits per heavy atom. The Labute approximate surface area is 120 Å². The van der Waals surface area contributed by atoms with Crippen molar-refractivity contribution in [1.82, 2.24) is 4.31 Å². The lowest BCUT2D eigenvalue weighted by atomic mass is 9.92. The number of rotatable bonds is 2. The summed E-state index contributed by atoms with van der Waals surface area (Å²) in [6.45, 7) is 0. The van der Waals surface area contributed by atoms with Gasteiger partial charge in [0.05, 0.1) is 4.90 Å². The molecule has 0 bridgehead atoms. The molecule has 0 unspecified atom stereocenters. The van der Waals surface area contributed by atoms with Crippen LogP contribution >= 0.6 is 0 Å². The Hall–Kier alpha value is -1.81. The second-order valence-corrected chi connectivity index (χ2v) is 6.88. The monoisotopic (exact) mass is 287 g/mol. The van der Waals surface area contributed by atoms with Gasteiger partial charge in [-0.15, -0.1) is 0 Å². The van der Waals surface area contributed by atoms with Crippen molar-refractivity contribution < 1.29 is 8.42 Å². The third-order valence-electron chi connectivity index (χ3n) is 3.72. The summed E-state index contributed by atoms with van der Waals surface area (Å²) in [5, 5.41) is 0. The van der Waals surface area contributed by atoms with E-state index in [1.165, 1.54) is 28.3 Å². The van der Waals surface area contributed by atoms with Crippen LogP contribution in [-0.4, -0.2) is 12.7 Å². The van der Waals surface area contributed by atoms with Gasteiger partial charge in [-0.25, -0.2) is 12.7 Å². The molecule has 0 N–H and O–H groups in total. The molecule has 4 heteroatoms. The van der Waals surface area contributed by atoms with Crippen molar-refractivity contribution in [3.8, 4) is 0 Å². The third-order valence-corrected chi connectivity index (χ3v) is 5.38. The molecule has 0 saturated carbocycles. The van der Waals surface area contributed by atoms with Gasteiger partial charge in [0.15, 0.2) is 0 Å². The van der Waals surface area contributed by atoms with Crippen LogP contribution in [0.15, 0.2) is 70.9 Å². The van der Waals surface area contributed by atoms with E-state index in [9.17, 15) is 8.42 Å². The standard InChI is InChI=1S/C16H17NO2S/c18-20(19,16-8-2-1-3-9-16)17-12-10-14-6-4-5-7-15(14)11-13-17/h1-3,8-13H,4-7H2. The molecule has 1 heterocycles. The molecule has 3 rings (SSSR count). The average Bonchev–Trinajstić information content (AvgIpc) is 2.71. The first kappa shape index (κ1) is 13.2. The van der Waals surface area contributed by atoms with Gasteiger partial charge >= 0.3 is 0 Å². The Morgan fingerprint density at radius 3 is 1.95 bits per heavy atom. The first-order valence-corrected chi connectivity index (χ1v) is 8.29. The Kier molecular flexibility index (Phi) is 3.49. The van der Waals surface area contributed by atoms with Crippen LogP contribution in [0.5, 0.6) is 0 Å². The van der Waals surface area contributed by atoms with E-state index in [0.29, 0.717) is 4.90 Å². The van der Waals surface area contributed by atoms with Crippen LogP contribution in [-0.2, 0) is 10.0 Å². The molecule has 0 aromatic heterocycles. The summed E-state index contributed by atoms with van der Waals surface area (Å²) in [5.41, 5.74) is 2.52. The fourth-order valence-corrected chi connectivity index (χ4v) is 3.77. The maximum Gasteiger partial charge on any atom is 0.267 e. The zero-order chi connectivity index (χ0) is 14.0. The van der Waals surface area contributed by atoms with Gasteiger partial charge in [-0.2, -0.15) is 0 Å². The normalized spacial score (nSPS) is 18.9. The predicted molar refractivity (Wildman–Crippen MR) is 79.2 cm³/mol. The maximum absolute atomic E-state index is 12.6. The number of allylic oxidation sites excluding steroid dienone is 4. The summed E-state index contributed by atoms with van der Waals surface area (Å²) in [4.78, 5) is 0.314. The van der Waals surface area contributed by atoms with Crippen LogP contribution in [0.25, 0.3) is 0 Å². The third kappa shape index (κ3) is 2.43. The van der Waals surface area contributed by atoms with E-state index in [0.717, 1.165) is 12.8 Å². The van der Waals surface area contributed by atoms with Crippen LogP contribution in [0.4, 0.5) is 0 Å². The minimum Gasteiger partial charge on any atom is -0.249 e. The Bertz CT molecular complexity index is 658. The average molecular weight is 287 g/mol. The van der Waals surface area contributed by atoms with Crippen LogP contribution in [0.3, 0.4) is 0 Å². The SMILES string of the molecule is O=S(=O)(c1ccccc1)N1C=CC2=C(C=C1)CCCC2. The van der Waals surface area contributed by atoms with Gasteiger partial charge in [-0.3, -0.25) is 0 Å². The van der Waals surface area contributed by atoms with Crippen molar-refractivity contribution in [2.45, 2.75) is 30.6 Å². The summed E-state index contributed by atoms with van der Waals surface area (Å²) in [6, 6.07) is 8.53. The quantitative estimate of drug-likeness (QED) is 0.833.